The number of hydrogen-bond donors (Lipinski definition) is 1. The molecule has 0 saturated carbocycles. The number of rotatable bonds is 6. The second-order valence-corrected chi connectivity index (χ2v) is 8.33. The molecule has 0 spiro atoms. The molecule has 0 radical (unpaired) electrons. The molecule has 1 N–H and O–H groups in total. The van der Waals surface area contributed by atoms with Crippen LogP contribution in [0.3, 0.4) is 0 Å². The number of aryl methyl sites for hydroxylation is 1. The molecule has 5 nitrogen and oxygen atoms in total. The van der Waals surface area contributed by atoms with Crippen molar-refractivity contribution in [3.8, 4) is 5.75 Å². The van der Waals surface area contributed by atoms with Gasteiger partial charge in [0.15, 0.2) is 16.4 Å². The lowest BCUT2D eigenvalue weighted by molar-refractivity contribution is -0.118. The fraction of sp³-hybridized carbons (Fsp3) is 0.316. The first-order valence-electron chi connectivity index (χ1n) is 8.00. The van der Waals surface area contributed by atoms with Crippen LogP contribution in [-0.4, -0.2) is 27.2 Å². The zero-order valence-corrected chi connectivity index (χ0v) is 15.7. The molecule has 0 atom stereocenters. The predicted octanol–water partition coefficient (Wildman–Crippen LogP) is 3.54. The van der Waals surface area contributed by atoms with E-state index in [1.807, 2.05) is 25.1 Å². The number of anilines is 1. The van der Waals surface area contributed by atoms with E-state index in [2.05, 4.69) is 19.2 Å². The van der Waals surface area contributed by atoms with E-state index >= 15 is 0 Å². The van der Waals surface area contributed by atoms with Crippen LogP contribution in [0.25, 0.3) is 0 Å². The van der Waals surface area contributed by atoms with Crippen molar-refractivity contribution >= 4 is 21.4 Å². The summed E-state index contributed by atoms with van der Waals surface area (Å²) in [4.78, 5) is 12.3. The summed E-state index contributed by atoms with van der Waals surface area (Å²) in [6.07, 6.45) is 1.13. The number of nitrogens with one attached hydrogen (secondary N) is 1. The lowest BCUT2D eigenvalue weighted by Crippen LogP contribution is -2.20. The molecule has 25 heavy (non-hydrogen) atoms. The van der Waals surface area contributed by atoms with Gasteiger partial charge in [0.05, 0.1) is 4.90 Å². The summed E-state index contributed by atoms with van der Waals surface area (Å²) in [6.45, 7) is 5.96. The second kappa shape index (κ2) is 7.70. The Balaban J connectivity index is 2.03. The average molecular weight is 361 g/mol. The summed E-state index contributed by atoms with van der Waals surface area (Å²) >= 11 is 0. The number of ether oxygens (including phenoxy) is 1. The van der Waals surface area contributed by atoms with E-state index in [1.54, 1.807) is 12.1 Å². The van der Waals surface area contributed by atoms with Gasteiger partial charge in [-0.2, -0.15) is 0 Å². The van der Waals surface area contributed by atoms with Crippen LogP contribution in [0.4, 0.5) is 5.69 Å². The maximum Gasteiger partial charge on any atom is 0.262 e. The third-order valence-corrected chi connectivity index (χ3v) is 4.89. The summed E-state index contributed by atoms with van der Waals surface area (Å²) in [5, 5.41) is 2.65. The van der Waals surface area contributed by atoms with E-state index in [4.69, 9.17) is 4.74 Å². The van der Waals surface area contributed by atoms with E-state index < -0.39 is 9.84 Å². The molecule has 0 bridgehead atoms. The van der Waals surface area contributed by atoms with Crippen molar-refractivity contribution < 1.29 is 17.9 Å². The quantitative estimate of drug-likeness (QED) is 0.854. The molecule has 2 aromatic rings. The Labute approximate surface area is 148 Å². The zero-order valence-electron chi connectivity index (χ0n) is 14.9. The molecule has 0 aliphatic carbocycles. The first-order chi connectivity index (χ1) is 11.7. The fourth-order valence-electron chi connectivity index (χ4n) is 2.28. The highest BCUT2D eigenvalue weighted by Crippen LogP contribution is 2.24. The normalized spacial score (nSPS) is 11.4. The maximum absolute atomic E-state index is 12.1. The highest BCUT2D eigenvalue weighted by Gasteiger charge is 2.10. The van der Waals surface area contributed by atoms with Gasteiger partial charge in [0, 0.05) is 11.9 Å². The summed E-state index contributed by atoms with van der Waals surface area (Å²) in [7, 11) is -3.32. The molecule has 134 valence electrons. The smallest absolute Gasteiger partial charge is 0.262 e. The Hall–Kier alpha value is -2.34. The summed E-state index contributed by atoms with van der Waals surface area (Å²) < 4.78 is 28.8. The van der Waals surface area contributed by atoms with Crippen molar-refractivity contribution in [1.29, 1.82) is 0 Å². The fourth-order valence-corrected chi connectivity index (χ4v) is 2.94. The summed E-state index contributed by atoms with van der Waals surface area (Å²) in [5.41, 5.74) is 2.52. The molecule has 0 aromatic heterocycles. The van der Waals surface area contributed by atoms with Gasteiger partial charge in [0.2, 0.25) is 0 Å². The van der Waals surface area contributed by atoms with E-state index in [9.17, 15) is 13.2 Å². The molecule has 0 unspecified atom stereocenters. The van der Waals surface area contributed by atoms with E-state index in [1.165, 1.54) is 12.1 Å². The van der Waals surface area contributed by atoms with Gasteiger partial charge in [-0.15, -0.1) is 0 Å². The number of hydrogen-bond acceptors (Lipinski definition) is 4. The summed E-state index contributed by atoms with van der Waals surface area (Å²) in [5.74, 6) is 0.696. The third kappa shape index (κ3) is 5.32. The Morgan fingerprint density at radius 1 is 1.16 bits per heavy atom. The largest absolute Gasteiger partial charge is 0.483 e. The minimum Gasteiger partial charge on any atom is -0.483 e. The van der Waals surface area contributed by atoms with Crippen LogP contribution in [0, 0.1) is 6.92 Å². The van der Waals surface area contributed by atoms with Crippen molar-refractivity contribution in [2.75, 3.05) is 18.2 Å². The van der Waals surface area contributed by atoms with Gasteiger partial charge in [-0.3, -0.25) is 4.79 Å². The molecule has 2 rings (SSSR count). The first kappa shape index (κ1) is 19.0. The van der Waals surface area contributed by atoms with Crippen LogP contribution >= 0.6 is 0 Å². The van der Waals surface area contributed by atoms with E-state index in [0.717, 1.165) is 17.4 Å². The van der Waals surface area contributed by atoms with Crippen LogP contribution in [0.2, 0.25) is 0 Å². The van der Waals surface area contributed by atoms with Crippen molar-refractivity contribution in [1.82, 2.24) is 0 Å². The second-order valence-electron chi connectivity index (χ2n) is 6.32. The zero-order chi connectivity index (χ0) is 18.6. The minimum atomic E-state index is -3.32. The van der Waals surface area contributed by atoms with Gasteiger partial charge >= 0.3 is 0 Å². The van der Waals surface area contributed by atoms with Gasteiger partial charge in [0.25, 0.3) is 5.91 Å². The Bertz CT molecular complexity index is 873. The molecular formula is C19H23NO4S. The number of carbonyl (C=O) groups excluding carboxylic acids is 1. The van der Waals surface area contributed by atoms with Crippen molar-refractivity contribution in [3.05, 3.63) is 53.6 Å². The summed E-state index contributed by atoms with van der Waals surface area (Å²) in [6, 6.07) is 12.1. The van der Waals surface area contributed by atoms with Crippen molar-refractivity contribution in [2.24, 2.45) is 0 Å². The monoisotopic (exact) mass is 361 g/mol. The number of amides is 1. The topological polar surface area (TPSA) is 72.5 Å². The van der Waals surface area contributed by atoms with Crippen LogP contribution < -0.4 is 10.1 Å². The lowest BCUT2D eigenvalue weighted by atomic mass is 10.0. The molecular weight excluding hydrogens is 338 g/mol. The van der Waals surface area contributed by atoms with Gasteiger partial charge in [-0.25, -0.2) is 8.42 Å². The minimum absolute atomic E-state index is 0.147. The lowest BCUT2D eigenvalue weighted by Gasteiger charge is -2.13. The van der Waals surface area contributed by atoms with Crippen molar-refractivity contribution in [3.63, 3.8) is 0 Å². The van der Waals surface area contributed by atoms with E-state index in [0.29, 0.717) is 17.4 Å². The van der Waals surface area contributed by atoms with Crippen molar-refractivity contribution in [2.45, 2.75) is 31.6 Å². The van der Waals surface area contributed by atoms with Crippen LogP contribution in [0.15, 0.2) is 47.4 Å². The molecule has 1 amide bonds. The molecule has 6 heteroatoms. The molecule has 0 fully saturated rings. The Kier molecular flexibility index (Phi) is 5.85. The number of benzene rings is 2. The molecule has 0 saturated heterocycles. The highest BCUT2D eigenvalue weighted by atomic mass is 32.2. The molecule has 0 aliphatic rings. The third-order valence-electron chi connectivity index (χ3n) is 3.78. The van der Waals surface area contributed by atoms with Crippen LogP contribution in [-0.2, 0) is 14.6 Å². The van der Waals surface area contributed by atoms with Gasteiger partial charge in [-0.1, -0.05) is 32.0 Å². The van der Waals surface area contributed by atoms with Gasteiger partial charge in [0.1, 0.15) is 5.75 Å². The van der Waals surface area contributed by atoms with Gasteiger partial charge < -0.3 is 10.1 Å². The highest BCUT2D eigenvalue weighted by molar-refractivity contribution is 7.90. The Morgan fingerprint density at radius 3 is 2.52 bits per heavy atom. The Morgan fingerprint density at radius 2 is 1.88 bits per heavy atom. The SMILES string of the molecule is Cc1ccc(C(C)C)cc1OCC(=O)Nc1cccc(S(C)(=O)=O)c1. The standard InChI is InChI=1S/C19H23NO4S/c1-13(2)15-9-8-14(3)18(10-15)24-12-19(21)20-16-6-5-7-17(11-16)25(4,22)23/h5-11,13H,12H2,1-4H3,(H,20,21). The predicted molar refractivity (Wildman–Crippen MR) is 98.9 cm³/mol. The number of carbonyl (C=O) groups is 1. The molecule has 0 aliphatic heterocycles. The molecule has 2 aromatic carbocycles. The van der Waals surface area contributed by atoms with Crippen LogP contribution in [0.5, 0.6) is 5.75 Å². The first-order valence-corrected chi connectivity index (χ1v) is 9.89. The van der Waals surface area contributed by atoms with Crippen LogP contribution in [0.1, 0.15) is 30.9 Å². The average Bonchev–Trinajstić information content (AvgIpc) is 2.53. The number of sulfone groups is 1. The van der Waals surface area contributed by atoms with Gasteiger partial charge in [-0.05, 0) is 48.2 Å². The maximum atomic E-state index is 12.1. The molecule has 0 heterocycles. The van der Waals surface area contributed by atoms with E-state index in [-0.39, 0.29) is 17.4 Å².